The van der Waals surface area contributed by atoms with Crippen molar-refractivity contribution in [2.24, 2.45) is 11.1 Å². The van der Waals surface area contributed by atoms with Crippen molar-refractivity contribution in [1.29, 1.82) is 0 Å². The summed E-state index contributed by atoms with van der Waals surface area (Å²) in [7, 11) is 0. The number of benzene rings is 1. The standard InChI is InChI=1S/C13H20ClNO/c1-4-13(3,8-15)12(16)11-6-5-10(14)7-9(11)2/h5-7,12,16H,4,8,15H2,1-3H3. The molecule has 0 bridgehead atoms. The first kappa shape index (κ1) is 13.5. The van der Waals surface area contributed by atoms with Gasteiger partial charge >= 0.3 is 0 Å². The normalized spacial score (nSPS) is 16.9. The van der Waals surface area contributed by atoms with Crippen LogP contribution in [0.4, 0.5) is 0 Å². The number of aryl methyl sites for hydroxylation is 1. The Bertz CT molecular complexity index is 361. The van der Waals surface area contributed by atoms with Gasteiger partial charge in [0.1, 0.15) is 0 Å². The van der Waals surface area contributed by atoms with Crippen molar-refractivity contribution in [2.45, 2.75) is 33.3 Å². The highest BCUT2D eigenvalue weighted by atomic mass is 35.5. The molecule has 2 atom stereocenters. The van der Waals surface area contributed by atoms with E-state index in [-0.39, 0.29) is 5.41 Å². The zero-order chi connectivity index (χ0) is 12.3. The van der Waals surface area contributed by atoms with E-state index in [0.717, 1.165) is 17.5 Å². The van der Waals surface area contributed by atoms with Crippen LogP contribution in [0.5, 0.6) is 0 Å². The van der Waals surface area contributed by atoms with E-state index < -0.39 is 6.10 Å². The lowest BCUT2D eigenvalue weighted by molar-refractivity contribution is 0.0387. The van der Waals surface area contributed by atoms with Gasteiger partial charge < -0.3 is 10.8 Å². The molecule has 1 rings (SSSR count). The molecule has 0 amide bonds. The summed E-state index contributed by atoms with van der Waals surface area (Å²) < 4.78 is 0. The van der Waals surface area contributed by atoms with Gasteiger partial charge in [0.25, 0.3) is 0 Å². The van der Waals surface area contributed by atoms with Gasteiger partial charge in [-0.25, -0.2) is 0 Å². The third-order valence-corrected chi connectivity index (χ3v) is 3.70. The first-order valence-corrected chi connectivity index (χ1v) is 5.96. The molecule has 1 aromatic rings. The van der Waals surface area contributed by atoms with Gasteiger partial charge in [-0.05, 0) is 36.6 Å². The Morgan fingerprint density at radius 1 is 1.50 bits per heavy atom. The number of hydrogen-bond acceptors (Lipinski definition) is 2. The molecule has 0 aliphatic heterocycles. The Kier molecular flexibility index (Phi) is 4.36. The molecule has 0 aliphatic rings. The number of aliphatic hydroxyl groups is 1. The van der Waals surface area contributed by atoms with E-state index in [4.69, 9.17) is 17.3 Å². The molecular weight excluding hydrogens is 222 g/mol. The molecule has 3 heteroatoms. The summed E-state index contributed by atoms with van der Waals surface area (Å²) in [5.74, 6) is 0. The molecule has 90 valence electrons. The SMILES string of the molecule is CCC(C)(CN)C(O)c1ccc(Cl)cc1C. The monoisotopic (exact) mass is 241 g/mol. The summed E-state index contributed by atoms with van der Waals surface area (Å²) in [6, 6.07) is 5.55. The maximum Gasteiger partial charge on any atom is 0.0858 e. The molecule has 0 saturated heterocycles. The minimum atomic E-state index is -0.542. The van der Waals surface area contributed by atoms with Crippen LogP contribution in [-0.4, -0.2) is 11.7 Å². The maximum atomic E-state index is 10.4. The quantitative estimate of drug-likeness (QED) is 0.851. The van der Waals surface area contributed by atoms with Crippen LogP contribution in [0.1, 0.15) is 37.5 Å². The van der Waals surface area contributed by atoms with Crippen LogP contribution in [0.15, 0.2) is 18.2 Å². The molecular formula is C13H20ClNO. The highest BCUT2D eigenvalue weighted by Gasteiger charge is 2.31. The lowest BCUT2D eigenvalue weighted by Crippen LogP contribution is -2.33. The van der Waals surface area contributed by atoms with E-state index in [2.05, 4.69) is 0 Å². The highest BCUT2D eigenvalue weighted by Crippen LogP contribution is 2.37. The van der Waals surface area contributed by atoms with Gasteiger partial charge in [0.05, 0.1) is 6.10 Å². The van der Waals surface area contributed by atoms with Crippen molar-refractivity contribution in [1.82, 2.24) is 0 Å². The smallest absolute Gasteiger partial charge is 0.0858 e. The van der Waals surface area contributed by atoms with E-state index >= 15 is 0 Å². The molecule has 0 aliphatic carbocycles. The van der Waals surface area contributed by atoms with E-state index in [1.165, 1.54) is 0 Å². The third-order valence-electron chi connectivity index (χ3n) is 3.46. The molecule has 16 heavy (non-hydrogen) atoms. The number of aliphatic hydroxyl groups excluding tert-OH is 1. The van der Waals surface area contributed by atoms with Crippen LogP contribution in [0, 0.1) is 12.3 Å². The highest BCUT2D eigenvalue weighted by molar-refractivity contribution is 6.30. The third kappa shape index (κ3) is 2.57. The molecule has 0 heterocycles. The Morgan fingerprint density at radius 2 is 2.12 bits per heavy atom. The summed E-state index contributed by atoms with van der Waals surface area (Å²) in [6.45, 7) is 6.47. The van der Waals surface area contributed by atoms with Crippen LogP contribution >= 0.6 is 11.6 Å². The van der Waals surface area contributed by atoms with E-state index in [0.29, 0.717) is 11.6 Å². The predicted molar refractivity (Wildman–Crippen MR) is 68.6 cm³/mol. The first-order chi connectivity index (χ1) is 7.44. The fraction of sp³-hybridized carbons (Fsp3) is 0.538. The zero-order valence-corrected chi connectivity index (χ0v) is 10.9. The molecule has 1 aromatic carbocycles. The molecule has 0 aromatic heterocycles. The zero-order valence-electron chi connectivity index (χ0n) is 10.1. The van der Waals surface area contributed by atoms with Gasteiger partial charge in [0.15, 0.2) is 0 Å². The molecule has 2 nitrogen and oxygen atoms in total. The van der Waals surface area contributed by atoms with E-state index in [1.807, 2.05) is 32.9 Å². The first-order valence-electron chi connectivity index (χ1n) is 5.59. The van der Waals surface area contributed by atoms with E-state index in [9.17, 15) is 5.11 Å². The minimum Gasteiger partial charge on any atom is -0.388 e. The fourth-order valence-corrected chi connectivity index (χ4v) is 2.00. The van der Waals surface area contributed by atoms with Crippen LogP contribution < -0.4 is 5.73 Å². The number of rotatable bonds is 4. The fourth-order valence-electron chi connectivity index (χ4n) is 1.77. The van der Waals surface area contributed by atoms with Crippen molar-refractivity contribution in [3.63, 3.8) is 0 Å². The van der Waals surface area contributed by atoms with Crippen molar-refractivity contribution in [2.75, 3.05) is 6.54 Å². The second-order valence-corrected chi connectivity index (χ2v) is 5.05. The second kappa shape index (κ2) is 5.17. The predicted octanol–water partition coefficient (Wildman–Crippen LogP) is 3.06. The van der Waals surface area contributed by atoms with Crippen molar-refractivity contribution >= 4 is 11.6 Å². The Hall–Kier alpha value is -0.570. The molecule has 3 N–H and O–H groups in total. The Balaban J connectivity index is 3.08. The van der Waals surface area contributed by atoms with Gasteiger partial charge in [-0.2, -0.15) is 0 Å². The van der Waals surface area contributed by atoms with Gasteiger partial charge in [-0.1, -0.05) is 31.5 Å². The van der Waals surface area contributed by atoms with Crippen molar-refractivity contribution in [3.8, 4) is 0 Å². The average molecular weight is 242 g/mol. The summed E-state index contributed by atoms with van der Waals surface area (Å²) in [5.41, 5.74) is 7.39. The van der Waals surface area contributed by atoms with Crippen molar-refractivity contribution < 1.29 is 5.11 Å². The molecule has 0 saturated carbocycles. The van der Waals surface area contributed by atoms with Gasteiger partial charge in [0, 0.05) is 17.0 Å². The number of nitrogens with two attached hydrogens (primary N) is 1. The minimum absolute atomic E-state index is 0.279. The summed E-state index contributed by atoms with van der Waals surface area (Å²) in [6.07, 6.45) is 0.298. The second-order valence-electron chi connectivity index (χ2n) is 4.62. The topological polar surface area (TPSA) is 46.2 Å². The van der Waals surface area contributed by atoms with Gasteiger partial charge in [-0.3, -0.25) is 0 Å². The van der Waals surface area contributed by atoms with E-state index in [1.54, 1.807) is 6.07 Å². The average Bonchev–Trinajstić information content (AvgIpc) is 2.27. The van der Waals surface area contributed by atoms with Crippen LogP contribution in [0.2, 0.25) is 5.02 Å². The number of halogens is 1. The Labute approximate surface area is 102 Å². The molecule has 0 fully saturated rings. The van der Waals surface area contributed by atoms with Gasteiger partial charge in [-0.15, -0.1) is 0 Å². The lowest BCUT2D eigenvalue weighted by atomic mass is 9.77. The summed E-state index contributed by atoms with van der Waals surface area (Å²) >= 11 is 5.90. The Morgan fingerprint density at radius 3 is 2.56 bits per heavy atom. The van der Waals surface area contributed by atoms with Crippen molar-refractivity contribution in [3.05, 3.63) is 34.3 Å². The molecule has 0 radical (unpaired) electrons. The van der Waals surface area contributed by atoms with Gasteiger partial charge in [0.2, 0.25) is 0 Å². The summed E-state index contributed by atoms with van der Waals surface area (Å²) in [5, 5.41) is 11.1. The lowest BCUT2D eigenvalue weighted by Gasteiger charge is -2.33. The largest absolute Gasteiger partial charge is 0.388 e. The van der Waals surface area contributed by atoms with Crippen LogP contribution in [-0.2, 0) is 0 Å². The molecule has 2 unspecified atom stereocenters. The van der Waals surface area contributed by atoms with Crippen LogP contribution in [0.25, 0.3) is 0 Å². The summed E-state index contributed by atoms with van der Waals surface area (Å²) in [4.78, 5) is 0. The van der Waals surface area contributed by atoms with Crippen LogP contribution in [0.3, 0.4) is 0 Å². The number of hydrogen-bond donors (Lipinski definition) is 2. The molecule has 0 spiro atoms. The maximum absolute atomic E-state index is 10.4.